The largest absolute Gasteiger partial charge is 0.481 e. The van der Waals surface area contributed by atoms with Crippen molar-refractivity contribution in [2.75, 3.05) is 6.26 Å². The minimum absolute atomic E-state index is 0.208. The van der Waals surface area contributed by atoms with Crippen LogP contribution in [-0.4, -0.2) is 35.7 Å². The lowest BCUT2D eigenvalue weighted by Gasteiger charge is -2.03. The predicted molar refractivity (Wildman–Crippen MR) is 55.9 cm³/mol. The van der Waals surface area contributed by atoms with E-state index in [1.807, 2.05) is 0 Å². The van der Waals surface area contributed by atoms with Crippen LogP contribution in [0.5, 0.6) is 0 Å². The number of carboxylic acid groups (broad SMARTS) is 1. The molecule has 0 unspecified atom stereocenters. The Morgan fingerprint density at radius 1 is 1.38 bits per heavy atom. The Balaban J connectivity index is 3.26. The van der Waals surface area contributed by atoms with Crippen LogP contribution in [0.3, 0.4) is 0 Å². The summed E-state index contributed by atoms with van der Waals surface area (Å²) >= 11 is 0. The average Bonchev–Trinajstić information content (AvgIpc) is 2.14. The van der Waals surface area contributed by atoms with Gasteiger partial charge in [0.15, 0.2) is 0 Å². The Morgan fingerprint density at radius 3 is 2.38 bits per heavy atom. The van der Waals surface area contributed by atoms with Gasteiger partial charge >= 0.3 is 5.97 Å². The molecule has 1 rings (SSSR count). The first kappa shape index (κ1) is 12.6. The van der Waals surface area contributed by atoms with Crippen molar-refractivity contribution in [1.29, 1.82) is 0 Å². The summed E-state index contributed by atoms with van der Waals surface area (Å²) < 4.78 is 22.5. The van der Waals surface area contributed by atoms with Crippen LogP contribution < -0.4 is 0 Å². The topological polar surface area (TPSA) is 97.2 Å². The van der Waals surface area contributed by atoms with Gasteiger partial charge in [-0.25, -0.2) is 18.4 Å². The van der Waals surface area contributed by atoms with E-state index in [2.05, 4.69) is 9.97 Å². The average molecular weight is 244 g/mol. The molecule has 0 aliphatic carbocycles. The second kappa shape index (κ2) is 4.56. The van der Waals surface area contributed by atoms with E-state index in [1.54, 1.807) is 6.92 Å². The van der Waals surface area contributed by atoms with Crippen LogP contribution in [-0.2, 0) is 27.5 Å². The number of sulfone groups is 1. The molecule has 0 atom stereocenters. The molecule has 0 spiro atoms. The van der Waals surface area contributed by atoms with Crippen molar-refractivity contribution in [3.05, 3.63) is 17.5 Å². The van der Waals surface area contributed by atoms with E-state index in [-0.39, 0.29) is 17.3 Å². The monoisotopic (exact) mass is 244 g/mol. The van der Waals surface area contributed by atoms with Crippen LogP contribution in [0, 0.1) is 0 Å². The molecule has 0 aliphatic heterocycles. The normalized spacial score (nSPS) is 11.4. The van der Waals surface area contributed by atoms with Crippen molar-refractivity contribution >= 4 is 15.8 Å². The number of aromatic nitrogens is 2. The molecule has 16 heavy (non-hydrogen) atoms. The molecule has 0 radical (unpaired) electrons. The summed E-state index contributed by atoms with van der Waals surface area (Å²) in [6, 6.07) is 1.50. The molecule has 0 bridgehead atoms. The molecule has 1 heterocycles. The second-order valence-corrected chi connectivity index (χ2v) is 5.24. The Hall–Kier alpha value is -1.50. The minimum Gasteiger partial charge on any atom is -0.481 e. The quantitative estimate of drug-likeness (QED) is 0.753. The highest BCUT2D eigenvalue weighted by Crippen LogP contribution is 2.08. The van der Waals surface area contributed by atoms with Gasteiger partial charge in [0.05, 0.1) is 12.1 Å². The fourth-order valence-corrected chi connectivity index (χ4v) is 1.69. The fraction of sp³-hybridized carbons (Fsp3) is 0.444. The fourth-order valence-electron chi connectivity index (χ4n) is 1.12. The van der Waals surface area contributed by atoms with E-state index < -0.39 is 15.8 Å². The van der Waals surface area contributed by atoms with Crippen LogP contribution in [0.4, 0.5) is 0 Å². The molecule has 1 N–H and O–H groups in total. The Morgan fingerprint density at radius 2 is 1.94 bits per heavy atom. The third-order valence-corrected chi connectivity index (χ3v) is 2.68. The number of hydrogen-bond acceptors (Lipinski definition) is 5. The van der Waals surface area contributed by atoms with Gasteiger partial charge in [0, 0.05) is 11.9 Å². The third-order valence-electron chi connectivity index (χ3n) is 1.84. The summed E-state index contributed by atoms with van der Waals surface area (Å²) in [5, 5.41) is 8.30. The standard InChI is InChI=1S/C9H12N2O4S/c1-3-6-4-7(5-8(12)13)11-9(10-6)16(2,14)15/h4H,3,5H2,1-2H3,(H,12,13). The van der Waals surface area contributed by atoms with Gasteiger partial charge < -0.3 is 5.11 Å². The highest BCUT2D eigenvalue weighted by Gasteiger charge is 2.14. The first-order valence-corrected chi connectivity index (χ1v) is 6.50. The van der Waals surface area contributed by atoms with E-state index in [0.29, 0.717) is 12.1 Å². The summed E-state index contributed by atoms with van der Waals surface area (Å²) in [5.74, 6) is -1.06. The van der Waals surface area contributed by atoms with Gasteiger partial charge in [0.2, 0.25) is 15.0 Å². The third kappa shape index (κ3) is 3.27. The van der Waals surface area contributed by atoms with Gasteiger partial charge in [0.25, 0.3) is 0 Å². The smallest absolute Gasteiger partial charge is 0.309 e. The van der Waals surface area contributed by atoms with E-state index in [1.165, 1.54) is 6.07 Å². The lowest BCUT2D eigenvalue weighted by molar-refractivity contribution is -0.136. The van der Waals surface area contributed by atoms with Crippen LogP contribution in [0.15, 0.2) is 11.2 Å². The van der Waals surface area contributed by atoms with Crippen molar-refractivity contribution in [1.82, 2.24) is 9.97 Å². The summed E-state index contributed by atoms with van der Waals surface area (Å²) in [4.78, 5) is 18.1. The Bertz CT molecular complexity index is 510. The van der Waals surface area contributed by atoms with E-state index in [0.717, 1.165) is 6.26 Å². The van der Waals surface area contributed by atoms with Crippen LogP contribution in [0.2, 0.25) is 0 Å². The molecule has 6 nitrogen and oxygen atoms in total. The lowest BCUT2D eigenvalue weighted by atomic mass is 10.2. The minimum atomic E-state index is -3.51. The molecule has 1 aromatic heterocycles. The lowest BCUT2D eigenvalue weighted by Crippen LogP contribution is -2.11. The van der Waals surface area contributed by atoms with Crippen molar-refractivity contribution in [2.45, 2.75) is 24.9 Å². The summed E-state index contributed by atoms with van der Waals surface area (Å²) in [6.45, 7) is 1.80. The van der Waals surface area contributed by atoms with Gasteiger partial charge in [-0.15, -0.1) is 0 Å². The molecule has 0 saturated heterocycles. The molecule has 88 valence electrons. The maximum atomic E-state index is 11.3. The SMILES string of the molecule is CCc1cc(CC(=O)O)nc(S(C)(=O)=O)n1. The Labute approximate surface area is 93.3 Å². The van der Waals surface area contributed by atoms with Crippen LogP contribution in [0.1, 0.15) is 18.3 Å². The summed E-state index contributed by atoms with van der Waals surface area (Å²) in [7, 11) is -3.51. The number of carboxylic acids is 1. The van der Waals surface area contributed by atoms with Gasteiger partial charge in [-0.2, -0.15) is 0 Å². The van der Waals surface area contributed by atoms with Crippen LogP contribution >= 0.6 is 0 Å². The first-order chi connectivity index (χ1) is 7.32. The maximum absolute atomic E-state index is 11.3. The second-order valence-electron chi connectivity index (χ2n) is 3.33. The van der Waals surface area contributed by atoms with Crippen molar-refractivity contribution in [2.24, 2.45) is 0 Å². The summed E-state index contributed by atoms with van der Waals surface area (Å²) in [6.07, 6.45) is 1.21. The Kier molecular flexibility index (Phi) is 3.58. The molecule has 0 aromatic carbocycles. The molecule has 0 amide bonds. The number of hydrogen-bond donors (Lipinski definition) is 1. The summed E-state index contributed by atoms with van der Waals surface area (Å²) in [5.41, 5.74) is 0.728. The number of nitrogens with zero attached hydrogens (tertiary/aromatic N) is 2. The van der Waals surface area contributed by atoms with Crippen LogP contribution in [0.25, 0.3) is 0 Å². The zero-order chi connectivity index (χ0) is 12.3. The highest BCUT2D eigenvalue weighted by molar-refractivity contribution is 7.90. The highest BCUT2D eigenvalue weighted by atomic mass is 32.2. The van der Waals surface area contributed by atoms with Crippen molar-refractivity contribution in [3.63, 3.8) is 0 Å². The van der Waals surface area contributed by atoms with E-state index >= 15 is 0 Å². The zero-order valence-electron chi connectivity index (χ0n) is 8.97. The molecule has 0 fully saturated rings. The van der Waals surface area contributed by atoms with Gasteiger partial charge in [-0.3, -0.25) is 4.79 Å². The number of rotatable bonds is 4. The molecule has 7 heteroatoms. The predicted octanol–water partition coefficient (Wildman–Crippen LogP) is 0.0696. The van der Waals surface area contributed by atoms with Gasteiger partial charge in [-0.05, 0) is 12.5 Å². The first-order valence-electron chi connectivity index (χ1n) is 4.61. The number of aryl methyl sites for hydroxylation is 1. The van der Waals surface area contributed by atoms with Crippen molar-refractivity contribution < 1.29 is 18.3 Å². The van der Waals surface area contributed by atoms with E-state index in [4.69, 9.17) is 5.11 Å². The molecule has 0 aliphatic rings. The maximum Gasteiger partial charge on any atom is 0.309 e. The molecule has 0 saturated carbocycles. The van der Waals surface area contributed by atoms with E-state index in [9.17, 15) is 13.2 Å². The molecular formula is C9H12N2O4S. The zero-order valence-corrected chi connectivity index (χ0v) is 9.78. The van der Waals surface area contributed by atoms with Crippen molar-refractivity contribution in [3.8, 4) is 0 Å². The molecular weight excluding hydrogens is 232 g/mol. The molecule has 1 aromatic rings. The van der Waals surface area contributed by atoms with Gasteiger partial charge in [0.1, 0.15) is 0 Å². The number of carbonyl (C=O) groups is 1. The number of aliphatic carboxylic acids is 1. The van der Waals surface area contributed by atoms with Gasteiger partial charge in [-0.1, -0.05) is 6.92 Å².